The largest absolute Gasteiger partial charge is 0.478 e. The first-order valence-corrected chi connectivity index (χ1v) is 6.76. The summed E-state index contributed by atoms with van der Waals surface area (Å²) in [5.74, 6) is -1.88. The summed E-state index contributed by atoms with van der Waals surface area (Å²) in [6.45, 7) is 0.757. The van der Waals surface area contributed by atoms with Gasteiger partial charge in [0.25, 0.3) is 0 Å². The molecule has 9 heteroatoms. The number of hydrogen-bond acceptors (Lipinski definition) is 4. The Morgan fingerprint density at radius 3 is 2.39 bits per heavy atom. The number of halogens is 3. The second-order valence-electron chi connectivity index (χ2n) is 4.86. The van der Waals surface area contributed by atoms with Crippen molar-refractivity contribution in [2.45, 2.75) is 6.18 Å². The van der Waals surface area contributed by atoms with E-state index in [1.807, 2.05) is 0 Å². The summed E-state index contributed by atoms with van der Waals surface area (Å²) < 4.78 is 39.0. The highest BCUT2D eigenvalue weighted by atomic mass is 19.4. The van der Waals surface area contributed by atoms with E-state index in [9.17, 15) is 22.8 Å². The number of rotatable bonds is 3. The number of carboxylic acid groups (broad SMARTS) is 1. The van der Waals surface area contributed by atoms with Crippen molar-refractivity contribution < 1.29 is 27.9 Å². The van der Waals surface area contributed by atoms with Gasteiger partial charge in [-0.15, -0.1) is 0 Å². The van der Waals surface area contributed by atoms with Crippen molar-refractivity contribution in [2.24, 2.45) is 0 Å². The maximum atomic E-state index is 13.0. The molecule has 2 rings (SSSR count). The van der Waals surface area contributed by atoms with Crippen molar-refractivity contribution in [3.8, 4) is 0 Å². The van der Waals surface area contributed by atoms with Gasteiger partial charge in [0.1, 0.15) is 5.82 Å². The lowest BCUT2D eigenvalue weighted by Crippen LogP contribution is -2.49. The molecule has 0 radical (unpaired) electrons. The summed E-state index contributed by atoms with van der Waals surface area (Å²) in [5.41, 5.74) is -0.814. The average molecular weight is 329 g/mol. The van der Waals surface area contributed by atoms with Crippen LogP contribution in [0.4, 0.5) is 19.0 Å². The van der Waals surface area contributed by atoms with Gasteiger partial charge in [-0.2, -0.15) is 13.2 Å². The number of carboxylic acids is 1. The van der Waals surface area contributed by atoms with Crippen LogP contribution < -0.4 is 4.90 Å². The molecule has 0 aliphatic carbocycles. The van der Waals surface area contributed by atoms with E-state index in [4.69, 9.17) is 5.11 Å². The first kappa shape index (κ1) is 16.8. The van der Waals surface area contributed by atoms with E-state index >= 15 is 0 Å². The van der Waals surface area contributed by atoms with Crippen LogP contribution in [0.1, 0.15) is 5.56 Å². The highest BCUT2D eigenvalue weighted by molar-refractivity contribution is 5.94. The smallest absolute Gasteiger partial charge is 0.419 e. The number of carbonyl (C=O) groups is 2. The van der Waals surface area contributed by atoms with Crippen LogP contribution >= 0.6 is 0 Å². The maximum Gasteiger partial charge on any atom is 0.419 e. The van der Waals surface area contributed by atoms with E-state index in [1.165, 1.54) is 22.1 Å². The van der Waals surface area contributed by atoms with Crippen LogP contribution in [0.15, 0.2) is 30.5 Å². The molecule has 1 aliphatic rings. The summed E-state index contributed by atoms with van der Waals surface area (Å²) in [6.07, 6.45) is -1.55. The Morgan fingerprint density at radius 1 is 1.17 bits per heavy atom. The minimum Gasteiger partial charge on any atom is -0.478 e. The minimum atomic E-state index is -4.50. The fraction of sp³-hybridized carbons (Fsp3) is 0.357. The van der Waals surface area contributed by atoms with Gasteiger partial charge in [-0.3, -0.25) is 4.79 Å². The highest BCUT2D eigenvalue weighted by Crippen LogP contribution is 2.35. The average Bonchev–Trinajstić information content (AvgIpc) is 2.52. The van der Waals surface area contributed by atoms with Gasteiger partial charge in [0.15, 0.2) is 0 Å². The zero-order valence-corrected chi connectivity index (χ0v) is 12.0. The van der Waals surface area contributed by atoms with Crippen LogP contribution in [-0.2, 0) is 15.8 Å². The molecule has 1 aliphatic heterocycles. The van der Waals surface area contributed by atoms with Crippen molar-refractivity contribution in [1.29, 1.82) is 0 Å². The van der Waals surface area contributed by atoms with Gasteiger partial charge in [-0.1, -0.05) is 0 Å². The van der Waals surface area contributed by atoms with Crippen LogP contribution in [-0.4, -0.2) is 53.0 Å². The molecule has 124 valence electrons. The molecule has 23 heavy (non-hydrogen) atoms. The number of pyridine rings is 1. The van der Waals surface area contributed by atoms with Crippen LogP contribution in [0.25, 0.3) is 0 Å². The van der Waals surface area contributed by atoms with Gasteiger partial charge < -0.3 is 14.9 Å². The molecule has 0 spiro atoms. The van der Waals surface area contributed by atoms with Gasteiger partial charge in [0.2, 0.25) is 5.91 Å². The van der Waals surface area contributed by atoms with Crippen LogP contribution in [0.2, 0.25) is 0 Å². The van der Waals surface area contributed by atoms with Crippen LogP contribution in [0, 0.1) is 0 Å². The molecule has 1 N–H and O–H groups in total. The Hall–Kier alpha value is -2.58. The summed E-state index contributed by atoms with van der Waals surface area (Å²) in [7, 11) is 0. The van der Waals surface area contributed by atoms with Crippen LogP contribution in [0.3, 0.4) is 0 Å². The molecule has 0 aromatic carbocycles. The molecule has 1 aromatic rings. The standard InChI is InChI=1S/C14H14F3N3O3/c15-14(16,17)10-2-1-5-18-13(10)20-8-6-19(7-9-20)11(21)3-4-12(22)23/h1-5H,6-9H2,(H,22,23)/b4-3+. The predicted octanol–water partition coefficient (Wildman–Crippen LogP) is 1.39. The summed E-state index contributed by atoms with van der Waals surface area (Å²) in [5, 5.41) is 8.48. The molecular weight excluding hydrogens is 315 g/mol. The van der Waals surface area contributed by atoms with E-state index in [-0.39, 0.29) is 32.0 Å². The zero-order valence-electron chi connectivity index (χ0n) is 12.0. The fourth-order valence-corrected chi connectivity index (χ4v) is 2.26. The Morgan fingerprint density at radius 2 is 1.83 bits per heavy atom. The molecular formula is C14H14F3N3O3. The number of alkyl halides is 3. The minimum absolute atomic E-state index is 0.159. The second kappa shape index (κ2) is 6.67. The van der Waals surface area contributed by atoms with Crippen molar-refractivity contribution in [2.75, 3.05) is 31.1 Å². The third kappa shape index (κ3) is 4.21. The highest BCUT2D eigenvalue weighted by Gasteiger charge is 2.36. The normalized spacial score (nSPS) is 16.0. The Bertz CT molecular complexity index is 623. The van der Waals surface area contributed by atoms with Crippen LogP contribution in [0.5, 0.6) is 0 Å². The number of amides is 1. The SMILES string of the molecule is O=C(O)/C=C/C(=O)N1CCN(c2ncccc2C(F)(F)F)CC1. The lowest BCUT2D eigenvalue weighted by atomic mass is 10.2. The van der Waals surface area contributed by atoms with Gasteiger partial charge >= 0.3 is 12.1 Å². The lowest BCUT2D eigenvalue weighted by Gasteiger charge is -2.35. The van der Waals surface area contributed by atoms with E-state index < -0.39 is 23.6 Å². The summed E-state index contributed by atoms with van der Waals surface area (Å²) in [4.78, 5) is 28.8. The number of carbonyl (C=O) groups excluding carboxylic acids is 1. The fourth-order valence-electron chi connectivity index (χ4n) is 2.26. The molecule has 6 nitrogen and oxygen atoms in total. The lowest BCUT2D eigenvalue weighted by molar-refractivity contribution is -0.137. The third-order valence-electron chi connectivity index (χ3n) is 3.35. The third-order valence-corrected chi connectivity index (χ3v) is 3.35. The molecule has 1 aromatic heterocycles. The molecule has 0 atom stereocenters. The van der Waals surface area contributed by atoms with Crippen molar-refractivity contribution >= 4 is 17.7 Å². The first-order chi connectivity index (χ1) is 10.8. The number of anilines is 1. The zero-order chi connectivity index (χ0) is 17.0. The molecule has 0 unspecified atom stereocenters. The molecule has 1 saturated heterocycles. The van der Waals surface area contributed by atoms with Crippen molar-refractivity contribution in [3.05, 3.63) is 36.0 Å². The predicted molar refractivity (Wildman–Crippen MR) is 74.8 cm³/mol. The maximum absolute atomic E-state index is 13.0. The second-order valence-corrected chi connectivity index (χ2v) is 4.86. The van der Waals surface area contributed by atoms with Crippen molar-refractivity contribution in [1.82, 2.24) is 9.88 Å². The van der Waals surface area contributed by atoms with Gasteiger partial charge in [-0.05, 0) is 12.1 Å². The number of aromatic nitrogens is 1. The van der Waals surface area contributed by atoms with Gasteiger partial charge in [0.05, 0.1) is 5.56 Å². The van der Waals surface area contributed by atoms with E-state index in [1.54, 1.807) is 0 Å². The summed E-state index contributed by atoms with van der Waals surface area (Å²) in [6, 6.07) is 2.19. The Kier molecular flexibility index (Phi) is 4.87. The molecule has 1 amide bonds. The molecule has 2 heterocycles. The van der Waals surface area contributed by atoms with Gasteiger partial charge in [-0.25, -0.2) is 9.78 Å². The molecule has 0 saturated carbocycles. The van der Waals surface area contributed by atoms with E-state index in [2.05, 4.69) is 4.98 Å². The quantitative estimate of drug-likeness (QED) is 0.849. The number of nitrogens with zero attached hydrogens (tertiary/aromatic N) is 3. The summed E-state index contributed by atoms with van der Waals surface area (Å²) >= 11 is 0. The van der Waals surface area contributed by atoms with E-state index in [0.29, 0.717) is 0 Å². The topological polar surface area (TPSA) is 73.7 Å². The molecule has 1 fully saturated rings. The van der Waals surface area contributed by atoms with Gasteiger partial charge in [0, 0.05) is 44.5 Å². The Balaban J connectivity index is 2.06. The van der Waals surface area contributed by atoms with E-state index in [0.717, 1.165) is 18.2 Å². The number of hydrogen-bond donors (Lipinski definition) is 1. The molecule has 0 bridgehead atoms. The number of piperazine rings is 1. The monoisotopic (exact) mass is 329 g/mol. The number of aliphatic carboxylic acids is 1. The first-order valence-electron chi connectivity index (χ1n) is 6.76. The Labute approximate surface area is 129 Å². The van der Waals surface area contributed by atoms with Crippen molar-refractivity contribution in [3.63, 3.8) is 0 Å².